The van der Waals surface area contributed by atoms with E-state index in [0.29, 0.717) is 30.6 Å². The third-order valence-corrected chi connectivity index (χ3v) is 11.4. The Hall–Kier alpha value is -0.650. The van der Waals surface area contributed by atoms with Crippen molar-refractivity contribution in [3.8, 4) is 0 Å². The van der Waals surface area contributed by atoms with Gasteiger partial charge in [0.2, 0.25) is 0 Å². The highest BCUT2D eigenvalue weighted by molar-refractivity contribution is 5.66. The van der Waals surface area contributed by atoms with E-state index in [1.54, 1.807) is 0 Å². The fourth-order valence-electron chi connectivity index (χ4n) is 9.58. The number of aliphatic hydroxyl groups is 3. The van der Waals surface area contributed by atoms with E-state index in [9.17, 15) is 20.1 Å². The van der Waals surface area contributed by atoms with Crippen molar-refractivity contribution >= 4 is 5.97 Å². The van der Waals surface area contributed by atoms with Gasteiger partial charge in [-0.3, -0.25) is 4.79 Å². The number of fused-ring (bicyclic) bond motifs is 5. The largest absolute Gasteiger partial charge is 0.459 e. The van der Waals surface area contributed by atoms with Crippen molar-refractivity contribution in [1.29, 1.82) is 0 Å². The zero-order chi connectivity index (χ0) is 25.1. The number of carbonyl (C=O) groups excluding carboxylic acids is 1. The second kappa shape index (κ2) is 9.34. The summed E-state index contributed by atoms with van der Waals surface area (Å²) >= 11 is 0. The normalized spacial score (nSPS) is 49.2. The maximum absolute atomic E-state index is 12.2. The summed E-state index contributed by atoms with van der Waals surface area (Å²) in [6, 6.07) is 0. The molecule has 0 aliphatic heterocycles. The van der Waals surface area contributed by atoms with E-state index >= 15 is 0 Å². The van der Waals surface area contributed by atoms with Gasteiger partial charge in [0, 0.05) is 24.7 Å². The molecule has 0 unspecified atom stereocenters. The summed E-state index contributed by atoms with van der Waals surface area (Å²) in [6.45, 7) is 13.0. The molecule has 4 rings (SSSR count). The topological polar surface area (TPSA) is 87.0 Å². The highest BCUT2D eigenvalue weighted by Crippen LogP contribution is 2.69. The molecule has 0 saturated heterocycles. The summed E-state index contributed by atoms with van der Waals surface area (Å²) in [5, 5.41) is 33.9. The molecule has 0 amide bonds. The molecule has 5 nitrogen and oxygen atoms in total. The standard InChI is InChI=1S/C29H50O5/c1-17(2)8-7-9-18(3)21-10-11-22-24-23(13-14-27(21,22)5)28(6)15-12-20(31)16-29(28,33)26(32)25(24)34-19(4)30/h17-18,20-26,31-33H,7-16H2,1-6H3/t18-,20+,21-,22+,23+,24+,25-,26-,27-,28-,29+/m1/s1. The van der Waals surface area contributed by atoms with Gasteiger partial charge in [0.15, 0.2) is 0 Å². The number of hydrogen-bond acceptors (Lipinski definition) is 5. The molecule has 0 aromatic heterocycles. The van der Waals surface area contributed by atoms with Crippen LogP contribution in [0.2, 0.25) is 0 Å². The van der Waals surface area contributed by atoms with Gasteiger partial charge in [-0.15, -0.1) is 0 Å². The molecule has 0 bridgehead atoms. The minimum absolute atomic E-state index is 0.0611. The minimum atomic E-state index is -1.43. The van der Waals surface area contributed by atoms with Crippen LogP contribution < -0.4 is 0 Å². The molecule has 11 atom stereocenters. The monoisotopic (exact) mass is 478 g/mol. The summed E-state index contributed by atoms with van der Waals surface area (Å²) in [6.07, 6.45) is 7.30. The van der Waals surface area contributed by atoms with Crippen molar-refractivity contribution in [2.45, 2.75) is 130 Å². The van der Waals surface area contributed by atoms with Gasteiger partial charge < -0.3 is 20.1 Å². The fourth-order valence-corrected chi connectivity index (χ4v) is 9.58. The maximum Gasteiger partial charge on any atom is 0.303 e. The first-order chi connectivity index (χ1) is 15.8. The van der Waals surface area contributed by atoms with Crippen molar-refractivity contribution in [2.75, 3.05) is 0 Å². The molecule has 0 aromatic carbocycles. The van der Waals surface area contributed by atoms with Gasteiger partial charge >= 0.3 is 5.97 Å². The minimum Gasteiger partial charge on any atom is -0.459 e. The van der Waals surface area contributed by atoms with Crippen LogP contribution in [0, 0.1) is 46.3 Å². The maximum atomic E-state index is 12.2. The molecule has 0 aromatic rings. The fraction of sp³-hybridized carbons (Fsp3) is 0.966. The second-order valence-corrected chi connectivity index (χ2v) is 13.6. The van der Waals surface area contributed by atoms with Gasteiger partial charge in [-0.2, -0.15) is 0 Å². The summed E-state index contributed by atoms with van der Waals surface area (Å²) in [4.78, 5) is 12.2. The van der Waals surface area contributed by atoms with Crippen LogP contribution in [0.3, 0.4) is 0 Å². The van der Waals surface area contributed by atoms with Gasteiger partial charge in [0.1, 0.15) is 17.8 Å². The van der Waals surface area contributed by atoms with E-state index in [-0.39, 0.29) is 23.7 Å². The van der Waals surface area contributed by atoms with E-state index in [2.05, 4.69) is 34.6 Å². The van der Waals surface area contributed by atoms with Gasteiger partial charge in [-0.25, -0.2) is 0 Å². The summed E-state index contributed by atoms with van der Waals surface area (Å²) in [5.74, 6) is 2.31. The zero-order valence-electron chi connectivity index (χ0n) is 22.4. The van der Waals surface area contributed by atoms with Crippen LogP contribution in [0.5, 0.6) is 0 Å². The number of esters is 1. The Kier molecular flexibility index (Phi) is 7.25. The smallest absolute Gasteiger partial charge is 0.303 e. The van der Waals surface area contributed by atoms with Crippen LogP contribution >= 0.6 is 0 Å². The molecule has 4 fully saturated rings. The summed E-state index contributed by atoms with van der Waals surface area (Å²) in [7, 11) is 0. The van der Waals surface area contributed by atoms with Crippen molar-refractivity contribution in [1.82, 2.24) is 0 Å². The Morgan fingerprint density at radius 1 is 1.00 bits per heavy atom. The van der Waals surface area contributed by atoms with Crippen molar-refractivity contribution in [3.63, 3.8) is 0 Å². The molecule has 0 radical (unpaired) electrons. The van der Waals surface area contributed by atoms with Crippen LogP contribution in [0.15, 0.2) is 0 Å². The van der Waals surface area contributed by atoms with Gasteiger partial charge in [0.25, 0.3) is 0 Å². The molecule has 5 heteroatoms. The van der Waals surface area contributed by atoms with Crippen molar-refractivity contribution < 1.29 is 24.9 Å². The second-order valence-electron chi connectivity index (χ2n) is 13.6. The molecule has 0 heterocycles. The van der Waals surface area contributed by atoms with Crippen LogP contribution in [-0.4, -0.2) is 45.2 Å². The molecule has 196 valence electrons. The third-order valence-electron chi connectivity index (χ3n) is 11.4. The molecule has 0 spiro atoms. The number of aliphatic hydroxyl groups excluding tert-OH is 2. The molecule has 4 aliphatic rings. The van der Waals surface area contributed by atoms with Crippen molar-refractivity contribution in [2.24, 2.45) is 46.3 Å². The average Bonchev–Trinajstić information content (AvgIpc) is 3.10. The Morgan fingerprint density at radius 3 is 2.35 bits per heavy atom. The Labute approximate surface area is 207 Å². The van der Waals surface area contributed by atoms with Crippen LogP contribution in [0.1, 0.15) is 106 Å². The van der Waals surface area contributed by atoms with Crippen molar-refractivity contribution in [3.05, 3.63) is 0 Å². The zero-order valence-corrected chi connectivity index (χ0v) is 22.4. The first-order valence-corrected chi connectivity index (χ1v) is 14.1. The third kappa shape index (κ3) is 4.06. The molecule has 4 aliphatic carbocycles. The summed E-state index contributed by atoms with van der Waals surface area (Å²) in [5.41, 5.74) is -1.73. The summed E-state index contributed by atoms with van der Waals surface area (Å²) < 4.78 is 5.88. The Morgan fingerprint density at radius 2 is 1.71 bits per heavy atom. The Bertz CT molecular complexity index is 753. The van der Waals surface area contributed by atoms with E-state index in [1.807, 2.05) is 0 Å². The predicted octanol–water partition coefficient (Wildman–Crippen LogP) is 5.10. The lowest BCUT2D eigenvalue weighted by Gasteiger charge is -2.66. The van der Waals surface area contributed by atoms with Gasteiger partial charge in [0.05, 0.1) is 6.10 Å². The average molecular weight is 479 g/mol. The molecule has 4 saturated carbocycles. The molecular weight excluding hydrogens is 428 g/mol. The van der Waals surface area contributed by atoms with E-state index < -0.39 is 35.3 Å². The highest BCUT2D eigenvalue weighted by atomic mass is 16.6. The predicted molar refractivity (Wildman–Crippen MR) is 133 cm³/mol. The lowest BCUT2D eigenvalue weighted by molar-refractivity contribution is -0.300. The number of rotatable bonds is 6. The lowest BCUT2D eigenvalue weighted by Crippen LogP contribution is -2.73. The first-order valence-electron chi connectivity index (χ1n) is 14.1. The number of hydrogen-bond donors (Lipinski definition) is 3. The molecular formula is C29H50O5. The van der Waals surface area contributed by atoms with Crippen LogP contribution in [0.25, 0.3) is 0 Å². The van der Waals surface area contributed by atoms with Crippen LogP contribution in [-0.2, 0) is 9.53 Å². The van der Waals surface area contributed by atoms with E-state index in [1.165, 1.54) is 32.6 Å². The number of carbonyl (C=O) groups is 1. The lowest BCUT2D eigenvalue weighted by atomic mass is 9.41. The quantitative estimate of drug-likeness (QED) is 0.463. The molecule has 34 heavy (non-hydrogen) atoms. The van der Waals surface area contributed by atoms with E-state index in [4.69, 9.17) is 4.74 Å². The Balaban J connectivity index is 1.65. The first kappa shape index (κ1) is 26.4. The highest BCUT2D eigenvalue weighted by Gasteiger charge is 2.71. The van der Waals surface area contributed by atoms with Gasteiger partial charge in [-0.1, -0.05) is 53.9 Å². The van der Waals surface area contributed by atoms with Crippen LogP contribution in [0.4, 0.5) is 0 Å². The van der Waals surface area contributed by atoms with Gasteiger partial charge in [-0.05, 0) is 73.5 Å². The number of ether oxygens (including phenoxy) is 1. The van der Waals surface area contributed by atoms with E-state index in [0.717, 1.165) is 25.2 Å². The molecule has 3 N–H and O–H groups in total. The SMILES string of the molecule is CC(=O)O[C@@H]1[C@H]2[C@@H]3CC[C@H]([C@H](C)CCCC(C)C)[C@@]3(C)CC[C@@H]2[C@@]2(C)CC[C@H](O)C[C@]2(O)[C@@H]1O.